The molecule has 0 saturated carbocycles. The number of hydrogen-bond acceptors (Lipinski definition) is 4. The largest absolute Gasteiger partial charge is 0.507 e. The van der Waals surface area contributed by atoms with Gasteiger partial charge < -0.3 is 5.11 Å². The van der Waals surface area contributed by atoms with Crippen LogP contribution in [0.25, 0.3) is 10.2 Å². The van der Waals surface area contributed by atoms with Gasteiger partial charge in [0.05, 0.1) is 15.8 Å². The Bertz CT molecular complexity index is 848. The highest BCUT2D eigenvalue weighted by Gasteiger charge is 2.14. The summed E-state index contributed by atoms with van der Waals surface area (Å²) in [6.07, 6.45) is 0. The summed E-state index contributed by atoms with van der Waals surface area (Å²) in [6.45, 7) is 0. The van der Waals surface area contributed by atoms with Crippen LogP contribution in [0.4, 0.5) is 5.13 Å². The number of carbonyl (C=O) groups excluding carboxylic acids is 1. The number of halogens is 2. The first-order chi connectivity index (χ1) is 10.0. The third-order valence-corrected chi connectivity index (χ3v) is 4.18. The number of aromatic nitrogens is 1. The van der Waals surface area contributed by atoms with Gasteiger partial charge in [-0.2, -0.15) is 0 Å². The number of amides is 1. The smallest absolute Gasteiger partial charge is 0.261 e. The van der Waals surface area contributed by atoms with Crippen LogP contribution in [-0.2, 0) is 0 Å². The van der Waals surface area contributed by atoms with E-state index in [-0.39, 0.29) is 11.3 Å². The van der Waals surface area contributed by atoms with Gasteiger partial charge in [0, 0.05) is 10.0 Å². The van der Waals surface area contributed by atoms with E-state index in [0.29, 0.717) is 15.2 Å². The second-order valence-corrected chi connectivity index (χ2v) is 6.15. The van der Waals surface area contributed by atoms with E-state index >= 15 is 0 Å². The fourth-order valence-electron chi connectivity index (χ4n) is 1.81. The molecule has 0 unspecified atom stereocenters. The Morgan fingerprint density at radius 3 is 2.62 bits per heavy atom. The molecule has 3 rings (SSSR count). The number of carbonyl (C=O) groups is 1. The van der Waals surface area contributed by atoms with E-state index in [0.717, 1.165) is 10.2 Å². The molecule has 4 nitrogen and oxygen atoms in total. The third-order valence-electron chi connectivity index (χ3n) is 2.78. The van der Waals surface area contributed by atoms with Gasteiger partial charge in [-0.3, -0.25) is 10.1 Å². The quantitative estimate of drug-likeness (QED) is 0.719. The monoisotopic (exact) mass is 338 g/mol. The van der Waals surface area contributed by atoms with Crippen LogP contribution in [0.5, 0.6) is 5.75 Å². The first-order valence-electron chi connectivity index (χ1n) is 5.89. The summed E-state index contributed by atoms with van der Waals surface area (Å²) in [6, 6.07) is 9.61. The molecule has 1 amide bonds. The van der Waals surface area contributed by atoms with E-state index in [1.165, 1.54) is 29.5 Å². The van der Waals surface area contributed by atoms with Gasteiger partial charge >= 0.3 is 0 Å². The SMILES string of the molecule is O=C(Nc1nc2ccc(Cl)cc2s1)c1ccc(Cl)cc1O. The number of anilines is 1. The molecule has 0 atom stereocenters. The lowest BCUT2D eigenvalue weighted by atomic mass is 10.2. The molecule has 0 bridgehead atoms. The van der Waals surface area contributed by atoms with Crippen molar-refractivity contribution in [1.82, 2.24) is 4.98 Å². The van der Waals surface area contributed by atoms with Crippen LogP contribution in [-0.4, -0.2) is 16.0 Å². The molecule has 0 saturated heterocycles. The lowest BCUT2D eigenvalue weighted by molar-refractivity contribution is 0.102. The van der Waals surface area contributed by atoms with E-state index in [9.17, 15) is 9.90 Å². The molecule has 2 aromatic carbocycles. The van der Waals surface area contributed by atoms with Crippen molar-refractivity contribution in [1.29, 1.82) is 0 Å². The Balaban J connectivity index is 1.89. The Kier molecular flexibility index (Phi) is 3.71. The minimum atomic E-state index is -0.450. The Morgan fingerprint density at radius 1 is 1.14 bits per heavy atom. The van der Waals surface area contributed by atoms with E-state index in [1.807, 2.05) is 0 Å². The van der Waals surface area contributed by atoms with Crippen LogP contribution < -0.4 is 5.32 Å². The molecule has 0 spiro atoms. The number of thiazole rings is 1. The molecular weight excluding hydrogens is 331 g/mol. The summed E-state index contributed by atoms with van der Waals surface area (Å²) < 4.78 is 0.873. The minimum absolute atomic E-state index is 0.136. The van der Waals surface area contributed by atoms with E-state index in [1.54, 1.807) is 18.2 Å². The fourth-order valence-corrected chi connectivity index (χ4v) is 3.12. The number of phenolic OH excluding ortho intramolecular Hbond substituents is 1. The van der Waals surface area contributed by atoms with Gasteiger partial charge in [-0.05, 0) is 36.4 Å². The number of aromatic hydroxyl groups is 1. The predicted octanol–water partition coefficient (Wildman–Crippen LogP) is 4.56. The van der Waals surface area contributed by atoms with Gasteiger partial charge in [0.2, 0.25) is 0 Å². The molecule has 0 radical (unpaired) electrons. The average molecular weight is 339 g/mol. The molecule has 0 aliphatic rings. The summed E-state index contributed by atoms with van der Waals surface area (Å²) in [5.41, 5.74) is 0.886. The molecule has 0 aliphatic carbocycles. The highest BCUT2D eigenvalue weighted by molar-refractivity contribution is 7.22. The van der Waals surface area contributed by atoms with Crippen molar-refractivity contribution in [2.45, 2.75) is 0 Å². The number of nitrogens with zero attached hydrogens (tertiary/aromatic N) is 1. The zero-order valence-corrected chi connectivity index (χ0v) is 12.8. The Labute approximate surface area is 134 Å². The summed E-state index contributed by atoms with van der Waals surface area (Å²) in [7, 11) is 0. The number of fused-ring (bicyclic) bond motifs is 1. The topological polar surface area (TPSA) is 62.2 Å². The number of phenols is 1. The Hall–Kier alpha value is -1.82. The van der Waals surface area contributed by atoms with Crippen LogP contribution in [0.15, 0.2) is 36.4 Å². The van der Waals surface area contributed by atoms with Gasteiger partial charge in [0.1, 0.15) is 5.75 Å². The van der Waals surface area contributed by atoms with Crippen molar-refractivity contribution in [2.75, 3.05) is 5.32 Å². The molecule has 106 valence electrons. The van der Waals surface area contributed by atoms with Crippen molar-refractivity contribution in [3.8, 4) is 5.75 Å². The lowest BCUT2D eigenvalue weighted by Gasteiger charge is -2.04. The number of rotatable bonds is 2. The normalized spacial score (nSPS) is 10.8. The second kappa shape index (κ2) is 5.52. The molecule has 7 heteroatoms. The maximum Gasteiger partial charge on any atom is 0.261 e. The van der Waals surface area contributed by atoms with E-state index < -0.39 is 5.91 Å². The van der Waals surface area contributed by atoms with Crippen molar-refractivity contribution < 1.29 is 9.90 Å². The molecular formula is C14H8Cl2N2O2S. The van der Waals surface area contributed by atoms with E-state index in [2.05, 4.69) is 10.3 Å². The average Bonchev–Trinajstić information content (AvgIpc) is 2.79. The molecule has 21 heavy (non-hydrogen) atoms. The molecule has 3 aromatic rings. The highest BCUT2D eigenvalue weighted by Crippen LogP contribution is 2.29. The van der Waals surface area contributed by atoms with Crippen LogP contribution in [0, 0.1) is 0 Å². The van der Waals surface area contributed by atoms with Gasteiger partial charge in [-0.1, -0.05) is 34.5 Å². The van der Waals surface area contributed by atoms with Crippen LogP contribution in [0.2, 0.25) is 10.0 Å². The number of hydrogen-bond donors (Lipinski definition) is 2. The zero-order valence-electron chi connectivity index (χ0n) is 10.4. The van der Waals surface area contributed by atoms with Gasteiger partial charge in [0.25, 0.3) is 5.91 Å². The third kappa shape index (κ3) is 2.95. The van der Waals surface area contributed by atoms with Gasteiger partial charge in [-0.25, -0.2) is 4.98 Å². The summed E-state index contributed by atoms with van der Waals surface area (Å²) in [5, 5.41) is 13.8. The van der Waals surface area contributed by atoms with Crippen molar-refractivity contribution in [3.05, 3.63) is 52.0 Å². The molecule has 2 N–H and O–H groups in total. The molecule has 1 aromatic heterocycles. The van der Waals surface area contributed by atoms with Crippen molar-refractivity contribution in [2.24, 2.45) is 0 Å². The predicted molar refractivity (Wildman–Crippen MR) is 85.7 cm³/mol. The summed E-state index contributed by atoms with van der Waals surface area (Å²) >= 11 is 13.0. The second-order valence-electron chi connectivity index (χ2n) is 4.25. The Morgan fingerprint density at radius 2 is 1.86 bits per heavy atom. The molecule has 0 fully saturated rings. The number of nitrogens with one attached hydrogen (secondary N) is 1. The maximum atomic E-state index is 12.1. The standard InChI is InChI=1S/C14H8Cl2N2O2S/c15-7-1-3-9(11(19)5-7)13(20)18-14-17-10-4-2-8(16)6-12(10)21-14/h1-6,19H,(H,17,18,20). The first kappa shape index (κ1) is 14.1. The summed E-state index contributed by atoms with van der Waals surface area (Å²) in [5.74, 6) is -0.626. The van der Waals surface area contributed by atoms with Crippen LogP contribution >= 0.6 is 34.5 Å². The van der Waals surface area contributed by atoms with Crippen LogP contribution in [0.3, 0.4) is 0 Å². The highest BCUT2D eigenvalue weighted by atomic mass is 35.5. The van der Waals surface area contributed by atoms with E-state index in [4.69, 9.17) is 23.2 Å². The van der Waals surface area contributed by atoms with Crippen molar-refractivity contribution in [3.63, 3.8) is 0 Å². The minimum Gasteiger partial charge on any atom is -0.507 e. The maximum absolute atomic E-state index is 12.1. The zero-order chi connectivity index (χ0) is 15.0. The van der Waals surface area contributed by atoms with Crippen molar-refractivity contribution >= 4 is 55.8 Å². The molecule has 0 aliphatic heterocycles. The van der Waals surface area contributed by atoms with Gasteiger partial charge in [0.15, 0.2) is 5.13 Å². The lowest BCUT2D eigenvalue weighted by Crippen LogP contribution is -2.11. The number of benzene rings is 2. The molecule has 1 heterocycles. The first-order valence-corrected chi connectivity index (χ1v) is 7.46. The fraction of sp³-hybridized carbons (Fsp3) is 0. The summed E-state index contributed by atoms with van der Waals surface area (Å²) in [4.78, 5) is 16.4. The van der Waals surface area contributed by atoms with Crippen LogP contribution in [0.1, 0.15) is 10.4 Å². The van der Waals surface area contributed by atoms with Gasteiger partial charge in [-0.15, -0.1) is 0 Å².